The molecule has 0 bridgehead atoms. The summed E-state index contributed by atoms with van der Waals surface area (Å²) in [5.41, 5.74) is 2.50. The van der Waals surface area contributed by atoms with Crippen molar-refractivity contribution in [2.75, 3.05) is 51.0 Å². The molecule has 1 saturated heterocycles. The lowest BCUT2D eigenvalue weighted by molar-refractivity contribution is -0.144. The number of hydrogen-bond acceptors (Lipinski definition) is 7. The highest BCUT2D eigenvalue weighted by atomic mass is 32.1. The number of carbonyl (C=O) groups excluding carboxylic acids is 4. The molecule has 12 heteroatoms. The van der Waals surface area contributed by atoms with Crippen LogP contribution in [0, 0.1) is 6.92 Å². The quantitative estimate of drug-likeness (QED) is 0.295. The van der Waals surface area contributed by atoms with Crippen LogP contribution in [0.1, 0.15) is 65.9 Å². The molecule has 0 saturated carbocycles. The number of carbonyl (C=O) groups is 4. The van der Waals surface area contributed by atoms with E-state index in [0.29, 0.717) is 48.2 Å². The molecule has 11 nitrogen and oxygen atoms in total. The summed E-state index contributed by atoms with van der Waals surface area (Å²) >= 11 is 1.35. The van der Waals surface area contributed by atoms with Gasteiger partial charge in [-0.25, -0.2) is 4.79 Å². The number of ether oxygens (including phenoxy) is 1. The van der Waals surface area contributed by atoms with Crippen molar-refractivity contribution < 1.29 is 23.9 Å². The number of aryl methyl sites for hydroxylation is 1. The van der Waals surface area contributed by atoms with Crippen molar-refractivity contribution in [2.45, 2.75) is 52.5 Å². The Balaban J connectivity index is 1.54. The van der Waals surface area contributed by atoms with Crippen LogP contribution < -0.4 is 16.0 Å². The van der Waals surface area contributed by atoms with E-state index in [9.17, 15) is 19.2 Å². The van der Waals surface area contributed by atoms with E-state index in [1.165, 1.54) is 11.3 Å². The van der Waals surface area contributed by atoms with Crippen molar-refractivity contribution in [1.29, 1.82) is 0 Å². The Morgan fingerprint density at radius 1 is 1.07 bits per heavy atom. The molecule has 3 aromatic rings. The molecule has 1 aromatic carbocycles. The van der Waals surface area contributed by atoms with E-state index < -0.39 is 11.6 Å². The first-order chi connectivity index (χ1) is 21.1. The maximum atomic E-state index is 13.9. The molecule has 3 N–H and O–H groups in total. The zero-order valence-corrected chi connectivity index (χ0v) is 28.0. The van der Waals surface area contributed by atoms with Gasteiger partial charge in [0.1, 0.15) is 16.2 Å². The lowest BCUT2D eigenvalue weighted by Gasteiger charge is -2.44. The zero-order valence-electron chi connectivity index (χ0n) is 27.2. The third kappa shape index (κ3) is 7.51. The van der Waals surface area contributed by atoms with E-state index >= 15 is 0 Å². The summed E-state index contributed by atoms with van der Waals surface area (Å²) < 4.78 is 4.96. The molecular weight excluding hydrogens is 592 g/mol. The summed E-state index contributed by atoms with van der Waals surface area (Å²) in [5.74, 6) is -0.721. The predicted molar refractivity (Wildman–Crippen MR) is 177 cm³/mol. The second-order valence-corrected chi connectivity index (χ2v) is 13.7. The number of thiophene rings is 1. The number of pyridine rings is 1. The maximum Gasteiger partial charge on any atom is 0.324 e. The minimum Gasteiger partial charge on any atom is -0.383 e. The first-order valence-electron chi connectivity index (χ1n) is 14.8. The van der Waals surface area contributed by atoms with E-state index in [0.717, 1.165) is 21.6 Å². The number of piperazine rings is 1. The van der Waals surface area contributed by atoms with Crippen LogP contribution in [0.3, 0.4) is 0 Å². The van der Waals surface area contributed by atoms with E-state index in [4.69, 9.17) is 4.74 Å². The number of anilines is 2. The first kappa shape index (κ1) is 33.6. The molecule has 45 heavy (non-hydrogen) atoms. The van der Waals surface area contributed by atoms with Gasteiger partial charge >= 0.3 is 6.03 Å². The van der Waals surface area contributed by atoms with Crippen LogP contribution in [0.5, 0.6) is 0 Å². The van der Waals surface area contributed by atoms with Crippen LogP contribution >= 0.6 is 11.3 Å². The van der Waals surface area contributed by atoms with E-state index in [-0.39, 0.29) is 23.1 Å². The average molecular weight is 635 g/mol. The van der Waals surface area contributed by atoms with Gasteiger partial charge in [-0.1, -0.05) is 32.9 Å². The van der Waals surface area contributed by atoms with Gasteiger partial charge in [0.05, 0.1) is 12.2 Å². The third-order valence-electron chi connectivity index (χ3n) is 7.77. The number of nitrogens with one attached hydrogen (secondary N) is 3. The van der Waals surface area contributed by atoms with Gasteiger partial charge in [-0.15, -0.1) is 11.3 Å². The summed E-state index contributed by atoms with van der Waals surface area (Å²) in [5, 5.41) is 8.94. The second-order valence-electron chi connectivity index (χ2n) is 12.6. The van der Waals surface area contributed by atoms with Gasteiger partial charge < -0.3 is 25.2 Å². The number of amides is 5. The fraction of sp³-hybridized carbons (Fsp3) is 0.424. The number of rotatable bonds is 8. The van der Waals surface area contributed by atoms with Crippen LogP contribution in [0.2, 0.25) is 0 Å². The van der Waals surface area contributed by atoms with Gasteiger partial charge in [0.2, 0.25) is 5.91 Å². The third-order valence-corrected chi connectivity index (χ3v) is 9.25. The number of hydrogen-bond donors (Lipinski definition) is 3. The molecule has 0 spiro atoms. The minimum absolute atomic E-state index is 0.133. The normalized spacial score (nSPS) is 14.7. The Kier molecular flexibility index (Phi) is 9.98. The van der Waals surface area contributed by atoms with Gasteiger partial charge in [-0.2, -0.15) is 0 Å². The fourth-order valence-electron chi connectivity index (χ4n) is 5.05. The molecule has 240 valence electrons. The van der Waals surface area contributed by atoms with Gasteiger partial charge in [0.25, 0.3) is 11.8 Å². The highest BCUT2D eigenvalue weighted by molar-refractivity contribution is 7.16. The number of urea groups is 1. The molecular formula is C33H42N6O5S. The number of methoxy groups -OCH3 is 1. The van der Waals surface area contributed by atoms with E-state index in [1.807, 2.05) is 52.0 Å². The second kappa shape index (κ2) is 13.4. The van der Waals surface area contributed by atoms with Gasteiger partial charge in [0, 0.05) is 56.1 Å². The molecule has 1 aliphatic heterocycles. The Hall–Kier alpha value is -4.29. The number of aromatic nitrogens is 1. The Bertz CT molecular complexity index is 1590. The Morgan fingerprint density at radius 2 is 1.80 bits per heavy atom. The molecule has 1 fully saturated rings. The summed E-state index contributed by atoms with van der Waals surface area (Å²) in [6.45, 7) is 13.2. The predicted octanol–water partition coefficient (Wildman–Crippen LogP) is 5.13. The van der Waals surface area contributed by atoms with Crippen molar-refractivity contribution in [2.24, 2.45) is 0 Å². The van der Waals surface area contributed by atoms with Crippen LogP contribution in [0.15, 0.2) is 42.6 Å². The van der Waals surface area contributed by atoms with Crippen molar-refractivity contribution in [3.05, 3.63) is 64.3 Å². The van der Waals surface area contributed by atoms with Crippen molar-refractivity contribution >= 4 is 45.8 Å². The molecule has 0 aliphatic carbocycles. The van der Waals surface area contributed by atoms with E-state index in [2.05, 4.69) is 20.9 Å². The highest BCUT2D eigenvalue weighted by Crippen LogP contribution is 2.38. The number of nitrogens with zero attached hydrogens (tertiary/aromatic N) is 3. The average Bonchev–Trinajstić information content (AvgIpc) is 3.41. The van der Waals surface area contributed by atoms with Crippen molar-refractivity contribution in [3.8, 4) is 11.1 Å². The molecule has 0 radical (unpaired) electrons. The zero-order chi connectivity index (χ0) is 33.1. The SMILES string of the molecule is COCCNC(=O)c1ccc(-c2cc(NC(=O)Nc3sc(C(C)(C)C)cc3C(=O)N3CCN(C)C(=O)C3(C)C)ccc2C)cn1. The van der Waals surface area contributed by atoms with Crippen LogP contribution in [0.25, 0.3) is 11.1 Å². The van der Waals surface area contributed by atoms with Crippen molar-refractivity contribution in [3.63, 3.8) is 0 Å². The highest BCUT2D eigenvalue weighted by Gasteiger charge is 2.44. The lowest BCUT2D eigenvalue weighted by Crippen LogP contribution is -2.63. The largest absolute Gasteiger partial charge is 0.383 e. The monoisotopic (exact) mass is 634 g/mol. The molecule has 4 rings (SSSR count). The van der Waals surface area contributed by atoms with Crippen LogP contribution in [0.4, 0.5) is 15.5 Å². The summed E-state index contributed by atoms with van der Waals surface area (Å²) in [4.78, 5) is 60.9. The molecule has 0 unspecified atom stereocenters. The topological polar surface area (TPSA) is 133 Å². The molecule has 0 atom stereocenters. The smallest absolute Gasteiger partial charge is 0.324 e. The first-order valence-corrected chi connectivity index (χ1v) is 15.6. The molecule has 2 aromatic heterocycles. The maximum absolute atomic E-state index is 13.9. The molecule has 3 heterocycles. The van der Waals surface area contributed by atoms with Crippen LogP contribution in [-0.4, -0.2) is 84.5 Å². The van der Waals surface area contributed by atoms with Crippen LogP contribution in [-0.2, 0) is 14.9 Å². The lowest BCUT2D eigenvalue weighted by atomic mass is 9.93. The van der Waals surface area contributed by atoms with Gasteiger partial charge in [-0.3, -0.25) is 24.7 Å². The fourth-order valence-corrected chi connectivity index (χ4v) is 6.15. The standard InChI is InChI=1S/C33H42N6O5S/c1-20-9-11-22(17-23(20)21-10-12-25(35-19-21)27(40)34-13-16-44-8)36-31(43)37-28-24(18-26(45-28)32(2,3)4)29(41)39-15-14-38(7)30(42)33(39,5)6/h9-12,17-19H,13-16H2,1-8H3,(H,34,40)(H2,36,37,43). The number of likely N-dealkylation sites (N-methyl/N-ethyl adjacent to an activating group) is 1. The molecule has 1 aliphatic rings. The number of benzene rings is 1. The van der Waals surface area contributed by atoms with Crippen molar-refractivity contribution in [1.82, 2.24) is 20.1 Å². The summed E-state index contributed by atoms with van der Waals surface area (Å²) in [6, 6.07) is 10.3. The summed E-state index contributed by atoms with van der Waals surface area (Å²) in [6.07, 6.45) is 1.62. The Labute approximate surface area is 268 Å². The van der Waals surface area contributed by atoms with Gasteiger partial charge in [0.15, 0.2) is 0 Å². The van der Waals surface area contributed by atoms with Gasteiger partial charge in [-0.05, 0) is 61.6 Å². The Morgan fingerprint density at radius 3 is 2.44 bits per heavy atom. The van der Waals surface area contributed by atoms with E-state index in [1.54, 1.807) is 56.1 Å². The molecule has 5 amide bonds. The summed E-state index contributed by atoms with van der Waals surface area (Å²) in [7, 11) is 3.30. The minimum atomic E-state index is -1.02.